The van der Waals surface area contributed by atoms with E-state index in [0.717, 1.165) is 6.07 Å². The molecule has 0 aliphatic heterocycles. The fourth-order valence-electron chi connectivity index (χ4n) is 1.22. The first-order valence-electron chi connectivity index (χ1n) is 4.69. The molecule has 5 heteroatoms. The number of halogens is 1. The second-order valence-electron chi connectivity index (χ2n) is 3.23. The first kappa shape index (κ1) is 12.2. The van der Waals surface area contributed by atoms with Gasteiger partial charge in [-0.1, -0.05) is 12.2 Å². The highest BCUT2D eigenvalue weighted by atomic mass is 19.1. The van der Waals surface area contributed by atoms with Gasteiger partial charge in [0.25, 0.3) is 0 Å². The quantitative estimate of drug-likeness (QED) is 0.674. The lowest BCUT2D eigenvalue weighted by Gasteiger charge is -2.03. The molecule has 1 rings (SSSR count). The third-order valence-electron chi connectivity index (χ3n) is 2.02. The van der Waals surface area contributed by atoms with Crippen LogP contribution in [-0.4, -0.2) is 24.7 Å². The summed E-state index contributed by atoms with van der Waals surface area (Å²) in [4.78, 5) is 10.8. The van der Waals surface area contributed by atoms with E-state index in [9.17, 15) is 9.18 Å². The largest absolute Gasteiger partial charge is 0.478 e. The Morgan fingerprint density at radius 2 is 2.31 bits per heavy atom. The number of nitrogens with two attached hydrogens (primary N) is 1. The average Bonchev–Trinajstić information content (AvgIpc) is 2.21. The summed E-state index contributed by atoms with van der Waals surface area (Å²) in [6.45, 7) is 0.576. The average molecular weight is 224 g/mol. The highest BCUT2D eigenvalue weighted by Crippen LogP contribution is 2.19. The van der Waals surface area contributed by atoms with Gasteiger partial charge in [0.15, 0.2) is 0 Å². The molecule has 0 bridgehead atoms. The number of hydrogen-bond acceptors (Lipinski definition) is 3. The Labute approximate surface area is 92.6 Å². The lowest BCUT2D eigenvalue weighted by molar-refractivity contribution is 0.0698. The van der Waals surface area contributed by atoms with E-state index in [4.69, 9.17) is 10.8 Å². The van der Waals surface area contributed by atoms with E-state index in [1.807, 2.05) is 0 Å². The highest BCUT2D eigenvalue weighted by molar-refractivity contribution is 5.94. The number of carbonyl (C=O) groups is 1. The van der Waals surface area contributed by atoms with Gasteiger partial charge >= 0.3 is 5.97 Å². The molecule has 0 saturated carbocycles. The lowest BCUT2D eigenvalue weighted by Crippen LogP contribution is -2.05. The van der Waals surface area contributed by atoms with Crippen molar-refractivity contribution in [3.05, 3.63) is 35.2 Å². The zero-order valence-corrected chi connectivity index (χ0v) is 8.83. The Morgan fingerprint density at radius 1 is 1.62 bits per heavy atom. The Hall–Kier alpha value is -1.88. The van der Waals surface area contributed by atoms with Crippen molar-refractivity contribution in [3.8, 4) is 0 Å². The number of nitrogens with one attached hydrogen (secondary N) is 1. The molecule has 0 radical (unpaired) electrons. The van der Waals surface area contributed by atoms with E-state index in [1.54, 1.807) is 13.1 Å². The van der Waals surface area contributed by atoms with Crippen molar-refractivity contribution in [2.24, 2.45) is 0 Å². The van der Waals surface area contributed by atoms with Gasteiger partial charge in [-0.2, -0.15) is 0 Å². The van der Waals surface area contributed by atoms with Crippen LogP contribution in [0.2, 0.25) is 0 Å². The smallest absolute Gasteiger partial charge is 0.337 e. The molecular weight excluding hydrogens is 211 g/mol. The number of carboxylic acids is 1. The third kappa shape index (κ3) is 2.80. The summed E-state index contributed by atoms with van der Waals surface area (Å²) in [5.41, 5.74) is 5.43. The minimum Gasteiger partial charge on any atom is -0.478 e. The van der Waals surface area contributed by atoms with E-state index in [0.29, 0.717) is 6.54 Å². The van der Waals surface area contributed by atoms with Crippen LogP contribution in [0.3, 0.4) is 0 Å². The zero-order valence-electron chi connectivity index (χ0n) is 8.83. The second kappa shape index (κ2) is 5.27. The van der Waals surface area contributed by atoms with Crippen LogP contribution >= 0.6 is 0 Å². The summed E-state index contributed by atoms with van der Waals surface area (Å²) in [6.07, 6.45) is 3.21. The molecule has 1 aromatic carbocycles. The van der Waals surface area contributed by atoms with Crippen molar-refractivity contribution in [2.75, 3.05) is 19.3 Å². The van der Waals surface area contributed by atoms with Gasteiger partial charge in [-0.25, -0.2) is 9.18 Å². The van der Waals surface area contributed by atoms with E-state index >= 15 is 0 Å². The number of benzene rings is 1. The van der Waals surface area contributed by atoms with Crippen molar-refractivity contribution in [3.63, 3.8) is 0 Å². The summed E-state index contributed by atoms with van der Waals surface area (Å²) in [5, 5.41) is 11.7. The van der Waals surface area contributed by atoms with Crippen LogP contribution in [-0.2, 0) is 0 Å². The number of likely N-dealkylation sites (N-methyl/N-ethyl adjacent to an activating group) is 1. The van der Waals surface area contributed by atoms with Crippen LogP contribution in [0.1, 0.15) is 15.9 Å². The van der Waals surface area contributed by atoms with Crippen molar-refractivity contribution < 1.29 is 14.3 Å². The van der Waals surface area contributed by atoms with E-state index in [2.05, 4.69) is 5.32 Å². The van der Waals surface area contributed by atoms with Gasteiger partial charge in [-0.05, 0) is 19.2 Å². The van der Waals surface area contributed by atoms with E-state index in [-0.39, 0.29) is 16.8 Å². The Kier molecular flexibility index (Phi) is 4.02. The molecule has 0 amide bonds. The number of rotatable bonds is 4. The minimum atomic E-state index is -1.17. The highest BCUT2D eigenvalue weighted by Gasteiger charge is 2.11. The molecule has 0 aliphatic rings. The molecule has 4 N–H and O–H groups in total. The number of carboxylic acid groups (broad SMARTS) is 1. The van der Waals surface area contributed by atoms with Crippen LogP contribution in [0.25, 0.3) is 6.08 Å². The molecule has 0 spiro atoms. The van der Waals surface area contributed by atoms with Crippen LogP contribution in [0.15, 0.2) is 18.2 Å². The van der Waals surface area contributed by atoms with Crippen LogP contribution in [0.5, 0.6) is 0 Å². The Bertz CT molecular complexity index is 430. The minimum absolute atomic E-state index is 0.0734. The number of nitrogen functional groups attached to an aromatic ring is 1. The Balaban J connectivity index is 3.09. The maximum atomic E-state index is 13.4. The molecule has 0 atom stereocenters. The predicted octanol–water partition coefficient (Wildman–Crippen LogP) is 1.34. The SMILES string of the molecule is CNCC=Cc1cc(C(=O)O)c(N)cc1F. The number of aromatic carboxylic acids is 1. The molecule has 0 saturated heterocycles. The normalized spacial score (nSPS) is 10.9. The van der Waals surface area contributed by atoms with Gasteiger partial charge in [-0.3, -0.25) is 0 Å². The molecule has 0 aliphatic carbocycles. The fraction of sp³-hybridized carbons (Fsp3) is 0.182. The van der Waals surface area contributed by atoms with Crippen molar-refractivity contribution in [1.29, 1.82) is 0 Å². The summed E-state index contributed by atoms with van der Waals surface area (Å²) < 4.78 is 13.4. The maximum absolute atomic E-state index is 13.4. The fourth-order valence-corrected chi connectivity index (χ4v) is 1.22. The van der Waals surface area contributed by atoms with Crippen molar-refractivity contribution >= 4 is 17.7 Å². The number of hydrogen-bond donors (Lipinski definition) is 3. The molecule has 0 fully saturated rings. The van der Waals surface area contributed by atoms with E-state index < -0.39 is 11.8 Å². The van der Waals surface area contributed by atoms with Gasteiger partial charge < -0.3 is 16.2 Å². The molecule has 4 nitrogen and oxygen atoms in total. The van der Waals surface area contributed by atoms with Crippen LogP contribution in [0, 0.1) is 5.82 Å². The monoisotopic (exact) mass is 224 g/mol. The summed E-state index contributed by atoms with van der Waals surface area (Å²) in [5.74, 6) is -1.70. The topological polar surface area (TPSA) is 75.3 Å². The molecule has 16 heavy (non-hydrogen) atoms. The summed E-state index contributed by atoms with van der Waals surface area (Å²) in [6, 6.07) is 2.24. The van der Waals surface area contributed by atoms with Crippen molar-refractivity contribution in [2.45, 2.75) is 0 Å². The van der Waals surface area contributed by atoms with Crippen LogP contribution in [0.4, 0.5) is 10.1 Å². The summed E-state index contributed by atoms with van der Waals surface area (Å²) >= 11 is 0. The van der Waals surface area contributed by atoms with Gasteiger partial charge in [0, 0.05) is 17.8 Å². The molecular formula is C11H13FN2O2. The predicted molar refractivity (Wildman–Crippen MR) is 60.7 cm³/mol. The molecule has 0 aromatic heterocycles. The maximum Gasteiger partial charge on any atom is 0.337 e. The molecule has 0 heterocycles. The Morgan fingerprint density at radius 3 is 2.88 bits per heavy atom. The third-order valence-corrected chi connectivity index (χ3v) is 2.02. The van der Waals surface area contributed by atoms with Crippen LogP contribution < -0.4 is 11.1 Å². The first-order chi connectivity index (χ1) is 7.56. The molecule has 1 aromatic rings. The zero-order chi connectivity index (χ0) is 12.1. The molecule has 86 valence electrons. The summed E-state index contributed by atoms with van der Waals surface area (Å²) in [7, 11) is 1.76. The van der Waals surface area contributed by atoms with Gasteiger partial charge in [0.2, 0.25) is 0 Å². The first-order valence-corrected chi connectivity index (χ1v) is 4.69. The van der Waals surface area contributed by atoms with Gasteiger partial charge in [0.05, 0.1) is 5.56 Å². The standard InChI is InChI=1S/C11H13FN2O2/c1-14-4-2-3-7-5-8(11(15)16)10(13)6-9(7)12/h2-3,5-6,14H,4,13H2,1H3,(H,15,16). The second-order valence-corrected chi connectivity index (χ2v) is 3.23. The van der Waals surface area contributed by atoms with Gasteiger partial charge in [0.1, 0.15) is 5.82 Å². The van der Waals surface area contributed by atoms with E-state index in [1.165, 1.54) is 12.1 Å². The number of anilines is 1. The van der Waals surface area contributed by atoms with Gasteiger partial charge in [-0.15, -0.1) is 0 Å². The van der Waals surface area contributed by atoms with Crippen molar-refractivity contribution in [1.82, 2.24) is 5.32 Å². The lowest BCUT2D eigenvalue weighted by atomic mass is 10.1. The molecule has 0 unspecified atom stereocenters.